The Kier molecular flexibility index (Phi) is 20.3. The second-order valence-electron chi connectivity index (χ2n) is 19.4. The maximum absolute atomic E-state index is 4.04. The Morgan fingerprint density at radius 3 is 0.740 bits per heavy atom. The zero-order chi connectivity index (χ0) is 38.6. The standard InChI is InChI=1S/C10H16.2C10H20.2C10H16/c1-7-5-9(3)10(4)6-8(7)2;4*1-7-5-8(2)10(4)9(3)6-7/h8-9H,1,4-6H2,2-3H3;2*7-10H,5-6H2,1-4H3;2*7,10H,2-3,5-6H2,1,4H3. The molecule has 50 heavy (non-hydrogen) atoms. The average molecular weight is 689 g/mol. The molecule has 0 spiro atoms. The molecular formula is C50H88. The molecular weight excluding hydrogens is 601 g/mol. The summed E-state index contributed by atoms with van der Waals surface area (Å²) in [6.07, 6.45) is 12.9. The van der Waals surface area contributed by atoms with Crippen molar-refractivity contribution < 1.29 is 0 Å². The lowest BCUT2D eigenvalue weighted by Gasteiger charge is -2.35. The lowest BCUT2D eigenvalue weighted by Crippen LogP contribution is -2.26. The van der Waals surface area contributed by atoms with Crippen LogP contribution in [0.5, 0.6) is 0 Å². The third-order valence-corrected chi connectivity index (χ3v) is 14.1. The molecule has 288 valence electrons. The van der Waals surface area contributed by atoms with Gasteiger partial charge in [0.25, 0.3) is 0 Å². The average Bonchev–Trinajstić information content (AvgIpc) is 3.00. The predicted octanol–water partition coefficient (Wildman–Crippen LogP) is 16.1. The number of rotatable bonds is 0. The van der Waals surface area contributed by atoms with Gasteiger partial charge in [-0.05, 0) is 147 Å². The van der Waals surface area contributed by atoms with E-state index in [4.69, 9.17) is 0 Å². The summed E-state index contributed by atoms with van der Waals surface area (Å²) in [5, 5.41) is 0. The normalized spacial score (nSPS) is 40.4. The molecule has 0 radical (unpaired) electrons. The van der Waals surface area contributed by atoms with E-state index in [0.717, 1.165) is 72.0 Å². The van der Waals surface area contributed by atoms with Gasteiger partial charge in [0.1, 0.15) is 0 Å². The quantitative estimate of drug-likeness (QED) is 0.222. The summed E-state index contributed by atoms with van der Waals surface area (Å²) < 4.78 is 0. The van der Waals surface area contributed by atoms with E-state index in [2.05, 4.69) is 136 Å². The maximum atomic E-state index is 4.04. The van der Waals surface area contributed by atoms with Crippen LogP contribution in [-0.2, 0) is 0 Å². The Balaban J connectivity index is 0.000000312. The summed E-state index contributed by atoms with van der Waals surface area (Å²) >= 11 is 0. The van der Waals surface area contributed by atoms with Crippen molar-refractivity contribution in [2.45, 2.75) is 161 Å². The first-order valence-electron chi connectivity index (χ1n) is 21.1. The minimum atomic E-state index is 0.566. The smallest absolute Gasteiger partial charge is 0.00266 e. The Hall–Kier alpha value is -1.56. The molecule has 0 heteroatoms. The van der Waals surface area contributed by atoms with Gasteiger partial charge in [-0.3, -0.25) is 0 Å². The van der Waals surface area contributed by atoms with Crippen molar-refractivity contribution in [3.05, 3.63) is 72.9 Å². The third-order valence-electron chi connectivity index (χ3n) is 14.1. The molecule has 5 saturated carbocycles. The molecule has 5 fully saturated rings. The molecule has 0 aromatic heterocycles. The highest BCUT2D eigenvalue weighted by atomic mass is 14.3. The second kappa shape index (κ2) is 21.8. The zero-order valence-electron chi connectivity index (χ0n) is 36.4. The van der Waals surface area contributed by atoms with Gasteiger partial charge in [-0.2, -0.15) is 0 Å². The Labute approximate surface area is 315 Å². The predicted molar refractivity (Wildman–Crippen MR) is 229 cm³/mol. The minimum absolute atomic E-state index is 0.566. The summed E-state index contributed by atoms with van der Waals surface area (Å²) in [5.41, 5.74) is 8.26. The van der Waals surface area contributed by atoms with Crippen molar-refractivity contribution in [2.24, 2.45) is 82.9 Å². The molecule has 0 bridgehead atoms. The number of hydrogen-bond acceptors (Lipinski definition) is 0. The monoisotopic (exact) mass is 689 g/mol. The molecule has 5 aliphatic rings. The highest BCUT2D eigenvalue weighted by molar-refractivity contribution is 5.21. The molecule has 6 unspecified atom stereocenters. The topological polar surface area (TPSA) is 0 Å². The summed E-state index contributed by atoms with van der Waals surface area (Å²) in [6.45, 7) is 56.8. The second-order valence-corrected chi connectivity index (χ2v) is 19.4. The summed E-state index contributed by atoms with van der Waals surface area (Å²) in [5.74, 6) is 11.7. The minimum Gasteiger partial charge on any atom is -0.0996 e. The first-order valence-corrected chi connectivity index (χ1v) is 21.1. The van der Waals surface area contributed by atoms with Gasteiger partial charge in [0.05, 0.1) is 0 Å². The van der Waals surface area contributed by atoms with E-state index >= 15 is 0 Å². The van der Waals surface area contributed by atoms with Crippen molar-refractivity contribution in [1.29, 1.82) is 0 Å². The van der Waals surface area contributed by atoms with Crippen LogP contribution < -0.4 is 0 Å². The fourth-order valence-corrected chi connectivity index (χ4v) is 9.41. The van der Waals surface area contributed by atoms with Crippen LogP contribution in [0.2, 0.25) is 0 Å². The first-order chi connectivity index (χ1) is 23.0. The van der Waals surface area contributed by atoms with Crippen molar-refractivity contribution in [2.75, 3.05) is 0 Å². The van der Waals surface area contributed by atoms with E-state index in [-0.39, 0.29) is 0 Å². The van der Waals surface area contributed by atoms with E-state index in [1.54, 1.807) is 0 Å². The molecule has 0 amide bonds. The van der Waals surface area contributed by atoms with Gasteiger partial charge >= 0.3 is 0 Å². The van der Waals surface area contributed by atoms with Crippen molar-refractivity contribution >= 4 is 0 Å². The van der Waals surface area contributed by atoms with E-state index in [0.29, 0.717) is 23.7 Å². The highest BCUT2D eigenvalue weighted by Gasteiger charge is 2.28. The van der Waals surface area contributed by atoms with Crippen LogP contribution in [0.1, 0.15) is 161 Å². The van der Waals surface area contributed by atoms with Gasteiger partial charge in [-0.1, -0.05) is 170 Å². The van der Waals surface area contributed by atoms with Gasteiger partial charge < -0.3 is 0 Å². The summed E-state index contributed by atoms with van der Waals surface area (Å²) in [6, 6.07) is 0. The molecule has 0 aliphatic heterocycles. The molecule has 6 atom stereocenters. The molecule has 0 heterocycles. The van der Waals surface area contributed by atoms with Crippen LogP contribution in [0.15, 0.2) is 72.9 Å². The van der Waals surface area contributed by atoms with E-state index in [1.807, 2.05) is 0 Å². The Bertz CT molecular complexity index is 965. The van der Waals surface area contributed by atoms with Gasteiger partial charge in [0.2, 0.25) is 0 Å². The van der Waals surface area contributed by atoms with Crippen LogP contribution in [0.25, 0.3) is 0 Å². The van der Waals surface area contributed by atoms with Gasteiger partial charge in [-0.25, -0.2) is 0 Å². The van der Waals surface area contributed by atoms with Crippen LogP contribution in [-0.4, -0.2) is 0 Å². The molecule has 0 nitrogen and oxygen atoms in total. The van der Waals surface area contributed by atoms with Gasteiger partial charge in [-0.15, -0.1) is 0 Å². The van der Waals surface area contributed by atoms with Crippen LogP contribution in [0.4, 0.5) is 0 Å². The fourth-order valence-electron chi connectivity index (χ4n) is 9.41. The Morgan fingerprint density at radius 1 is 0.300 bits per heavy atom. The van der Waals surface area contributed by atoms with E-state index in [1.165, 1.54) is 84.8 Å². The van der Waals surface area contributed by atoms with Gasteiger partial charge in [0.15, 0.2) is 0 Å². The van der Waals surface area contributed by atoms with Crippen molar-refractivity contribution in [1.82, 2.24) is 0 Å². The third kappa shape index (κ3) is 15.6. The van der Waals surface area contributed by atoms with Crippen LogP contribution in [0.3, 0.4) is 0 Å². The van der Waals surface area contributed by atoms with Crippen molar-refractivity contribution in [3.8, 4) is 0 Å². The fraction of sp³-hybridized carbons (Fsp3) is 0.760. The van der Waals surface area contributed by atoms with Crippen molar-refractivity contribution in [3.63, 3.8) is 0 Å². The van der Waals surface area contributed by atoms with Crippen LogP contribution >= 0.6 is 0 Å². The van der Waals surface area contributed by atoms with Gasteiger partial charge in [0, 0.05) is 0 Å². The largest absolute Gasteiger partial charge is 0.0996 e. The van der Waals surface area contributed by atoms with Crippen LogP contribution in [0, 0.1) is 82.9 Å². The SMILES string of the molecule is C=C1CC(C)C(=C)CC1C.C=C1CC(C)CC(=C)C1C.C=C1CC(C)CC(=C)C1C.CC1CC(C)C(C)C(C)C1.CC1CC(C)C(C)C(C)C1. The lowest BCUT2D eigenvalue weighted by molar-refractivity contribution is 0.151. The first kappa shape index (κ1) is 46.5. The molecule has 0 N–H and O–H groups in total. The summed E-state index contributed by atoms with van der Waals surface area (Å²) in [7, 11) is 0. The Morgan fingerprint density at radius 2 is 0.520 bits per heavy atom. The van der Waals surface area contributed by atoms with E-state index < -0.39 is 0 Å². The number of hydrogen-bond donors (Lipinski definition) is 0. The zero-order valence-corrected chi connectivity index (χ0v) is 36.4. The lowest BCUT2D eigenvalue weighted by atomic mass is 9.71. The number of allylic oxidation sites excluding steroid dienone is 6. The molecule has 0 aromatic carbocycles. The molecule has 0 aromatic rings. The summed E-state index contributed by atoms with van der Waals surface area (Å²) in [4.78, 5) is 0. The highest BCUT2D eigenvalue weighted by Crippen LogP contribution is 2.39. The molecule has 0 saturated heterocycles. The molecule has 5 aliphatic carbocycles. The van der Waals surface area contributed by atoms with E-state index in [9.17, 15) is 0 Å². The molecule has 5 rings (SSSR count). The maximum Gasteiger partial charge on any atom is -0.00266 e.